The SMILES string of the molecule is COC(=O)c1c(C)csc1NC(=O)NCCC(=O)O. The first-order chi connectivity index (χ1) is 8.95. The molecule has 2 amide bonds. The molecule has 1 aromatic heterocycles. The van der Waals surface area contributed by atoms with Crippen LogP contribution < -0.4 is 10.6 Å². The molecule has 0 bridgehead atoms. The van der Waals surface area contributed by atoms with Crippen molar-refractivity contribution >= 4 is 34.3 Å². The predicted octanol–water partition coefficient (Wildman–Crippen LogP) is 1.44. The number of carboxylic acid groups (broad SMARTS) is 1. The monoisotopic (exact) mass is 286 g/mol. The number of hydrogen-bond donors (Lipinski definition) is 3. The summed E-state index contributed by atoms with van der Waals surface area (Å²) in [5.74, 6) is -1.53. The predicted molar refractivity (Wildman–Crippen MR) is 69.7 cm³/mol. The molecule has 7 nitrogen and oxygen atoms in total. The van der Waals surface area contributed by atoms with E-state index in [2.05, 4.69) is 15.4 Å². The summed E-state index contributed by atoms with van der Waals surface area (Å²) >= 11 is 1.20. The number of aryl methyl sites for hydroxylation is 1. The fraction of sp³-hybridized carbons (Fsp3) is 0.364. The van der Waals surface area contributed by atoms with Crippen molar-refractivity contribution in [1.82, 2.24) is 5.32 Å². The zero-order valence-corrected chi connectivity index (χ0v) is 11.3. The molecule has 0 aromatic carbocycles. The zero-order chi connectivity index (χ0) is 14.4. The number of thiophene rings is 1. The van der Waals surface area contributed by atoms with Gasteiger partial charge < -0.3 is 15.2 Å². The third kappa shape index (κ3) is 4.25. The Balaban J connectivity index is 2.64. The summed E-state index contributed by atoms with van der Waals surface area (Å²) in [6.45, 7) is 1.75. The van der Waals surface area contributed by atoms with E-state index >= 15 is 0 Å². The topological polar surface area (TPSA) is 105 Å². The van der Waals surface area contributed by atoms with Crippen molar-refractivity contribution < 1.29 is 24.2 Å². The van der Waals surface area contributed by atoms with Gasteiger partial charge in [0.1, 0.15) is 5.00 Å². The molecule has 0 aliphatic heterocycles. The smallest absolute Gasteiger partial charge is 0.341 e. The normalized spacial score (nSPS) is 9.79. The van der Waals surface area contributed by atoms with Crippen molar-refractivity contribution in [1.29, 1.82) is 0 Å². The minimum Gasteiger partial charge on any atom is -0.481 e. The average molecular weight is 286 g/mol. The number of amides is 2. The Bertz CT molecular complexity index is 497. The molecule has 1 aromatic rings. The van der Waals surface area contributed by atoms with Crippen molar-refractivity contribution in [2.75, 3.05) is 19.0 Å². The van der Waals surface area contributed by atoms with Crippen LogP contribution in [0.5, 0.6) is 0 Å². The van der Waals surface area contributed by atoms with Crippen LogP contribution in [0.4, 0.5) is 9.80 Å². The highest BCUT2D eigenvalue weighted by Crippen LogP contribution is 2.28. The fourth-order valence-corrected chi connectivity index (χ4v) is 2.25. The van der Waals surface area contributed by atoms with Gasteiger partial charge in [-0.2, -0.15) is 0 Å². The van der Waals surface area contributed by atoms with Crippen LogP contribution >= 0.6 is 11.3 Å². The lowest BCUT2D eigenvalue weighted by atomic mass is 10.2. The molecule has 0 atom stereocenters. The second-order valence-corrected chi connectivity index (χ2v) is 4.52. The molecule has 19 heavy (non-hydrogen) atoms. The largest absolute Gasteiger partial charge is 0.481 e. The van der Waals surface area contributed by atoms with E-state index in [4.69, 9.17) is 5.11 Å². The molecule has 104 valence electrons. The van der Waals surface area contributed by atoms with E-state index in [0.29, 0.717) is 16.1 Å². The lowest BCUT2D eigenvalue weighted by Crippen LogP contribution is -2.30. The Morgan fingerprint density at radius 2 is 2.11 bits per heavy atom. The third-order valence-electron chi connectivity index (χ3n) is 2.22. The number of rotatable bonds is 5. The maximum Gasteiger partial charge on any atom is 0.341 e. The number of urea groups is 1. The molecule has 0 spiro atoms. The van der Waals surface area contributed by atoms with Gasteiger partial charge >= 0.3 is 18.0 Å². The summed E-state index contributed by atoms with van der Waals surface area (Å²) in [5, 5.41) is 15.4. The van der Waals surface area contributed by atoms with Crippen LogP contribution in [0.3, 0.4) is 0 Å². The molecule has 0 fully saturated rings. The van der Waals surface area contributed by atoms with Crippen molar-refractivity contribution in [3.05, 3.63) is 16.5 Å². The first-order valence-corrected chi connectivity index (χ1v) is 6.26. The van der Waals surface area contributed by atoms with E-state index in [1.165, 1.54) is 18.4 Å². The number of carbonyl (C=O) groups is 3. The van der Waals surface area contributed by atoms with Gasteiger partial charge in [0.2, 0.25) is 0 Å². The van der Waals surface area contributed by atoms with Gasteiger partial charge in [-0.25, -0.2) is 9.59 Å². The van der Waals surface area contributed by atoms with Gasteiger partial charge in [0.15, 0.2) is 0 Å². The molecule has 0 saturated heterocycles. The summed E-state index contributed by atoms with van der Waals surface area (Å²) in [7, 11) is 1.26. The standard InChI is InChI=1S/C11H14N2O5S/c1-6-5-19-9(8(6)10(16)18-2)13-11(17)12-4-3-7(14)15/h5H,3-4H2,1-2H3,(H,14,15)(H2,12,13,17). The molecular formula is C11H14N2O5S. The maximum atomic E-state index is 11.5. The second kappa shape index (κ2) is 6.74. The minimum absolute atomic E-state index is 0.0130. The van der Waals surface area contributed by atoms with Crippen molar-refractivity contribution in [2.24, 2.45) is 0 Å². The average Bonchev–Trinajstić information content (AvgIpc) is 2.69. The highest BCUT2D eigenvalue weighted by molar-refractivity contribution is 7.15. The van der Waals surface area contributed by atoms with Crippen LogP contribution in [0.1, 0.15) is 22.3 Å². The van der Waals surface area contributed by atoms with Crippen LogP contribution in [0.25, 0.3) is 0 Å². The number of nitrogens with one attached hydrogen (secondary N) is 2. The summed E-state index contributed by atoms with van der Waals surface area (Å²) in [6, 6.07) is -0.562. The molecule has 1 rings (SSSR count). The number of ether oxygens (including phenoxy) is 1. The van der Waals surface area contributed by atoms with Crippen molar-refractivity contribution in [3.63, 3.8) is 0 Å². The first-order valence-electron chi connectivity index (χ1n) is 5.38. The van der Waals surface area contributed by atoms with E-state index in [9.17, 15) is 14.4 Å². The van der Waals surface area contributed by atoms with Gasteiger partial charge in [-0.05, 0) is 17.9 Å². The van der Waals surface area contributed by atoms with Gasteiger partial charge in [0, 0.05) is 6.54 Å². The Kier molecular flexibility index (Phi) is 5.31. The zero-order valence-electron chi connectivity index (χ0n) is 10.5. The number of carbonyl (C=O) groups excluding carboxylic acids is 2. The number of anilines is 1. The highest BCUT2D eigenvalue weighted by atomic mass is 32.1. The fourth-order valence-electron chi connectivity index (χ4n) is 1.32. The lowest BCUT2D eigenvalue weighted by molar-refractivity contribution is -0.136. The molecule has 1 heterocycles. The lowest BCUT2D eigenvalue weighted by Gasteiger charge is -2.07. The quantitative estimate of drug-likeness (QED) is 0.710. The van der Waals surface area contributed by atoms with Gasteiger partial charge in [0.05, 0.1) is 19.1 Å². The van der Waals surface area contributed by atoms with Crippen LogP contribution in [0.2, 0.25) is 0 Å². The number of carboxylic acids is 1. The van der Waals surface area contributed by atoms with Crippen LogP contribution in [-0.4, -0.2) is 36.7 Å². The molecule has 8 heteroatoms. The summed E-state index contributed by atoms with van der Waals surface area (Å²) in [4.78, 5) is 33.3. The Hall–Kier alpha value is -2.09. The van der Waals surface area contributed by atoms with E-state index in [0.717, 1.165) is 0 Å². The summed E-state index contributed by atoms with van der Waals surface area (Å²) < 4.78 is 4.63. The maximum absolute atomic E-state index is 11.5. The first kappa shape index (κ1) is 15.0. The van der Waals surface area contributed by atoms with Gasteiger partial charge in [-0.3, -0.25) is 10.1 Å². The molecular weight excluding hydrogens is 272 g/mol. The number of hydrogen-bond acceptors (Lipinski definition) is 5. The van der Waals surface area contributed by atoms with E-state index in [-0.39, 0.29) is 13.0 Å². The van der Waals surface area contributed by atoms with Gasteiger partial charge in [0.25, 0.3) is 0 Å². The molecule has 0 unspecified atom stereocenters. The number of aliphatic carboxylic acids is 1. The van der Waals surface area contributed by atoms with E-state index < -0.39 is 18.0 Å². The third-order valence-corrected chi connectivity index (χ3v) is 3.23. The number of methoxy groups -OCH3 is 1. The minimum atomic E-state index is -0.998. The molecule has 0 aliphatic carbocycles. The molecule has 0 aliphatic rings. The molecule has 0 radical (unpaired) electrons. The Labute approximate surface area is 113 Å². The van der Waals surface area contributed by atoms with Crippen molar-refractivity contribution in [2.45, 2.75) is 13.3 Å². The van der Waals surface area contributed by atoms with Gasteiger partial charge in [-0.15, -0.1) is 11.3 Å². The second-order valence-electron chi connectivity index (χ2n) is 3.64. The highest BCUT2D eigenvalue weighted by Gasteiger charge is 2.18. The Morgan fingerprint density at radius 3 is 2.68 bits per heavy atom. The van der Waals surface area contributed by atoms with E-state index in [1.807, 2.05) is 0 Å². The Morgan fingerprint density at radius 1 is 1.42 bits per heavy atom. The van der Waals surface area contributed by atoms with Gasteiger partial charge in [-0.1, -0.05) is 0 Å². The molecule has 0 saturated carbocycles. The van der Waals surface area contributed by atoms with Crippen LogP contribution in [-0.2, 0) is 9.53 Å². The van der Waals surface area contributed by atoms with Crippen LogP contribution in [0.15, 0.2) is 5.38 Å². The van der Waals surface area contributed by atoms with E-state index in [1.54, 1.807) is 12.3 Å². The van der Waals surface area contributed by atoms with Crippen LogP contribution in [0, 0.1) is 6.92 Å². The molecule has 3 N–H and O–H groups in total. The van der Waals surface area contributed by atoms with Crippen molar-refractivity contribution in [3.8, 4) is 0 Å². The summed E-state index contributed by atoms with van der Waals surface area (Å²) in [6.07, 6.45) is -0.166. The summed E-state index contributed by atoms with van der Waals surface area (Å²) in [5.41, 5.74) is 1.01. The number of esters is 1.